The van der Waals surface area contributed by atoms with Crippen molar-refractivity contribution >= 4 is 11.6 Å². The maximum atomic E-state index is 13.5. The summed E-state index contributed by atoms with van der Waals surface area (Å²) in [6, 6.07) is 11.0. The van der Waals surface area contributed by atoms with E-state index in [2.05, 4.69) is 16.3 Å². The lowest BCUT2D eigenvalue weighted by molar-refractivity contribution is -0.117. The Labute approximate surface area is 142 Å². The van der Waals surface area contributed by atoms with Crippen LogP contribution in [0, 0.1) is 19.7 Å². The summed E-state index contributed by atoms with van der Waals surface area (Å²) in [4.78, 5) is 14.5. The second kappa shape index (κ2) is 6.73. The first kappa shape index (κ1) is 16.7. The summed E-state index contributed by atoms with van der Waals surface area (Å²) in [5.41, 5.74) is 5.24. The van der Waals surface area contributed by atoms with Crippen molar-refractivity contribution in [3.8, 4) is 0 Å². The summed E-state index contributed by atoms with van der Waals surface area (Å²) in [6.45, 7) is 7.17. The number of benzene rings is 2. The van der Waals surface area contributed by atoms with Gasteiger partial charge in [0.1, 0.15) is 5.82 Å². The van der Waals surface area contributed by atoms with E-state index in [0.29, 0.717) is 6.54 Å². The second-order valence-electron chi connectivity index (χ2n) is 6.61. The molecule has 1 N–H and O–H groups in total. The van der Waals surface area contributed by atoms with Crippen LogP contribution >= 0.6 is 0 Å². The molecule has 3 nitrogen and oxygen atoms in total. The zero-order valence-electron chi connectivity index (χ0n) is 14.4. The molecule has 2 aromatic carbocycles. The number of carbonyl (C=O) groups excluding carboxylic acids is 1. The Morgan fingerprint density at radius 1 is 1.25 bits per heavy atom. The third-order valence-electron chi connectivity index (χ3n) is 4.78. The zero-order chi connectivity index (χ0) is 17.3. The van der Waals surface area contributed by atoms with Gasteiger partial charge in [-0.25, -0.2) is 4.39 Å². The van der Waals surface area contributed by atoms with E-state index >= 15 is 0 Å². The van der Waals surface area contributed by atoms with Gasteiger partial charge in [0.15, 0.2) is 0 Å². The van der Waals surface area contributed by atoms with Crippen molar-refractivity contribution < 1.29 is 9.18 Å². The molecule has 0 bridgehead atoms. The van der Waals surface area contributed by atoms with Crippen LogP contribution in [0.3, 0.4) is 0 Å². The van der Waals surface area contributed by atoms with Gasteiger partial charge < -0.3 is 5.32 Å². The highest BCUT2D eigenvalue weighted by Gasteiger charge is 2.25. The van der Waals surface area contributed by atoms with Crippen LogP contribution in [-0.2, 0) is 11.2 Å². The molecule has 0 spiro atoms. The molecule has 0 aliphatic carbocycles. The standard InChI is InChI=1S/C20H23FN2O/c1-13-4-7-19(14(2)10-13)22-20(24)12-23-9-8-16-5-6-17(21)11-18(16)15(23)3/h4-7,10-11,15H,8-9,12H2,1-3H3,(H,22,24). The predicted molar refractivity (Wildman–Crippen MR) is 94.6 cm³/mol. The van der Waals surface area contributed by atoms with Crippen molar-refractivity contribution in [2.75, 3.05) is 18.4 Å². The Morgan fingerprint density at radius 3 is 2.79 bits per heavy atom. The summed E-state index contributed by atoms with van der Waals surface area (Å²) in [5.74, 6) is -0.254. The van der Waals surface area contributed by atoms with E-state index in [-0.39, 0.29) is 17.8 Å². The van der Waals surface area contributed by atoms with Crippen LogP contribution in [0.25, 0.3) is 0 Å². The van der Waals surface area contributed by atoms with E-state index in [1.54, 1.807) is 6.07 Å². The molecular formula is C20H23FN2O. The Bertz CT molecular complexity index is 772. The molecule has 0 aromatic heterocycles. The SMILES string of the molecule is Cc1ccc(NC(=O)CN2CCc3ccc(F)cc3C2C)c(C)c1. The van der Waals surface area contributed by atoms with Crippen LogP contribution < -0.4 is 5.32 Å². The van der Waals surface area contributed by atoms with Crippen LogP contribution in [0.2, 0.25) is 0 Å². The van der Waals surface area contributed by atoms with Crippen LogP contribution in [0.4, 0.5) is 10.1 Å². The fourth-order valence-corrected chi connectivity index (χ4v) is 3.38. The number of fused-ring (bicyclic) bond motifs is 1. The van der Waals surface area contributed by atoms with Crippen molar-refractivity contribution in [3.63, 3.8) is 0 Å². The molecule has 1 amide bonds. The highest BCUT2D eigenvalue weighted by molar-refractivity contribution is 5.93. The van der Waals surface area contributed by atoms with Gasteiger partial charge in [-0.05, 0) is 62.1 Å². The highest BCUT2D eigenvalue weighted by atomic mass is 19.1. The van der Waals surface area contributed by atoms with Gasteiger partial charge in [0.2, 0.25) is 5.91 Å². The fourth-order valence-electron chi connectivity index (χ4n) is 3.38. The smallest absolute Gasteiger partial charge is 0.238 e. The summed E-state index contributed by atoms with van der Waals surface area (Å²) < 4.78 is 13.5. The maximum Gasteiger partial charge on any atom is 0.238 e. The Kier molecular flexibility index (Phi) is 4.67. The van der Waals surface area contributed by atoms with E-state index in [9.17, 15) is 9.18 Å². The monoisotopic (exact) mass is 326 g/mol. The average Bonchev–Trinajstić information content (AvgIpc) is 2.53. The highest BCUT2D eigenvalue weighted by Crippen LogP contribution is 2.29. The first-order chi connectivity index (χ1) is 11.4. The average molecular weight is 326 g/mol. The van der Waals surface area contributed by atoms with Crippen LogP contribution in [-0.4, -0.2) is 23.9 Å². The van der Waals surface area contributed by atoms with E-state index < -0.39 is 0 Å². The molecule has 1 aliphatic rings. The number of carbonyl (C=O) groups is 1. The van der Waals surface area contributed by atoms with E-state index in [0.717, 1.165) is 29.8 Å². The van der Waals surface area contributed by atoms with Crippen LogP contribution in [0.1, 0.15) is 35.2 Å². The van der Waals surface area contributed by atoms with Crippen LogP contribution in [0.15, 0.2) is 36.4 Å². The van der Waals surface area contributed by atoms with Gasteiger partial charge >= 0.3 is 0 Å². The van der Waals surface area contributed by atoms with Gasteiger partial charge in [-0.3, -0.25) is 9.69 Å². The van der Waals surface area contributed by atoms with Gasteiger partial charge in [-0.1, -0.05) is 23.8 Å². The maximum absolute atomic E-state index is 13.5. The number of anilines is 1. The van der Waals surface area contributed by atoms with Crippen molar-refractivity contribution in [3.05, 3.63) is 64.5 Å². The normalized spacial score (nSPS) is 17.4. The predicted octanol–water partition coefficient (Wildman–Crippen LogP) is 4.00. The van der Waals surface area contributed by atoms with Gasteiger partial charge in [-0.15, -0.1) is 0 Å². The lowest BCUT2D eigenvalue weighted by atomic mass is 9.93. The largest absolute Gasteiger partial charge is 0.325 e. The van der Waals surface area contributed by atoms with Crippen LogP contribution in [0.5, 0.6) is 0 Å². The number of rotatable bonds is 3. The summed E-state index contributed by atoms with van der Waals surface area (Å²) >= 11 is 0. The molecule has 1 heterocycles. The number of hydrogen-bond donors (Lipinski definition) is 1. The molecular weight excluding hydrogens is 303 g/mol. The minimum atomic E-state index is -0.220. The van der Waals surface area contributed by atoms with Gasteiger partial charge in [0.05, 0.1) is 6.54 Å². The Balaban J connectivity index is 1.69. The van der Waals surface area contributed by atoms with E-state index in [4.69, 9.17) is 0 Å². The molecule has 126 valence electrons. The van der Waals surface area contributed by atoms with Crippen molar-refractivity contribution in [2.24, 2.45) is 0 Å². The molecule has 1 unspecified atom stereocenters. The molecule has 2 aromatic rings. The first-order valence-corrected chi connectivity index (χ1v) is 8.33. The minimum absolute atomic E-state index is 0.0337. The number of nitrogens with one attached hydrogen (secondary N) is 1. The second-order valence-corrected chi connectivity index (χ2v) is 6.61. The molecule has 0 radical (unpaired) electrons. The Morgan fingerprint density at radius 2 is 2.04 bits per heavy atom. The summed E-state index contributed by atoms with van der Waals surface area (Å²) in [5, 5.41) is 2.99. The van der Waals surface area contributed by atoms with E-state index in [1.807, 2.05) is 39.0 Å². The van der Waals surface area contributed by atoms with Crippen molar-refractivity contribution in [1.29, 1.82) is 0 Å². The zero-order valence-corrected chi connectivity index (χ0v) is 14.4. The number of amides is 1. The van der Waals surface area contributed by atoms with Gasteiger partial charge in [0.25, 0.3) is 0 Å². The van der Waals surface area contributed by atoms with Gasteiger partial charge in [-0.2, -0.15) is 0 Å². The van der Waals surface area contributed by atoms with Crippen molar-refractivity contribution in [2.45, 2.75) is 33.2 Å². The topological polar surface area (TPSA) is 32.3 Å². The number of aryl methyl sites for hydroxylation is 2. The molecule has 0 saturated heterocycles. The first-order valence-electron chi connectivity index (χ1n) is 8.33. The van der Waals surface area contributed by atoms with Crippen molar-refractivity contribution in [1.82, 2.24) is 4.90 Å². The number of halogens is 1. The number of nitrogens with zero attached hydrogens (tertiary/aromatic N) is 1. The summed E-state index contributed by atoms with van der Waals surface area (Å²) in [6.07, 6.45) is 0.844. The van der Waals surface area contributed by atoms with E-state index in [1.165, 1.54) is 17.2 Å². The lowest BCUT2D eigenvalue weighted by Gasteiger charge is -2.34. The molecule has 1 aliphatic heterocycles. The summed E-state index contributed by atoms with van der Waals surface area (Å²) in [7, 11) is 0. The molecule has 4 heteroatoms. The van der Waals surface area contributed by atoms with Gasteiger partial charge in [0, 0.05) is 18.3 Å². The molecule has 0 fully saturated rings. The third kappa shape index (κ3) is 3.49. The molecule has 0 saturated carbocycles. The fraction of sp³-hybridized carbons (Fsp3) is 0.350. The quantitative estimate of drug-likeness (QED) is 0.924. The third-order valence-corrected chi connectivity index (χ3v) is 4.78. The lowest BCUT2D eigenvalue weighted by Crippen LogP contribution is -2.39. The Hall–Kier alpha value is -2.20. The molecule has 24 heavy (non-hydrogen) atoms. The minimum Gasteiger partial charge on any atom is -0.325 e. The molecule has 3 rings (SSSR count). The number of hydrogen-bond acceptors (Lipinski definition) is 2. The molecule has 1 atom stereocenters.